The summed E-state index contributed by atoms with van der Waals surface area (Å²) in [6.07, 6.45) is 3.99. The summed E-state index contributed by atoms with van der Waals surface area (Å²) in [5.74, 6) is 1.58. The number of para-hydroxylation sites is 2. The monoisotopic (exact) mass is 436 g/mol. The molecule has 4 nitrogen and oxygen atoms in total. The topological polar surface area (TPSA) is 35.6 Å². The highest BCUT2D eigenvalue weighted by Gasteiger charge is 2.16. The van der Waals surface area contributed by atoms with E-state index >= 15 is 0 Å². The number of benzene rings is 4. The van der Waals surface area contributed by atoms with E-state index in [2.05, 4.69) is 87.0 Å². The Hall–Kier alpha value is -4.70. The zero-order valence-electron chi connectivity index (χ0n) is 18.3. The van der Waals surface area contributed by atoms with Crippen LogP contribution in [0, 0.1) is 0 Å². The van der Waals surface area contributed by atoms with Gasteiger partial charge in [-0.3, -0.25) is 4.57 Å². The van der Waals surface area contributed by atoms with Gasteiger partial charge in [-0.05, 0) is 42.5 Å². The minimum absolute atomic E-state index is 0.720. The van der Waals surface area contributed by atoms with Crippen molar-refractivity contribution in [1.29, 1.82) is 0 Å². The lowest BCUT2D eigenvalue weighted by molar-refractivity contribution is 1.04. The first-order valence-electron chi connectivity index (χ1n) is 11.4. The van der Waals surface area contributed by atoms with Gasteiger partial charge in [-0.15, -0.1) is 0 Å². The quantitative estimate of drug-likeness (QED) is 0.294. The molecule has 160 valence electrons. The highest BCUT2D eigenvalue weighted by molar-refractivity contribution is 6.13. The van der Waals surface area contributed by atoms with Crippen LogP contribution in [-0.2, 0) is 0 Å². The molecule has 0 aliphatic heterocycles. The second-order valence-corrected chi connectivity index (χ2v) is 8.41. The number of hydrogen-bond acceptors (Lipinski definition) is 2. The van der Waals surface area contributed by atoms with Crippen molar-refractivity contribution in [3.05, 3.63) is 122 Å². The summed E-state index contributed by atoms with van der Waals surface area (Å²) in [7, 11) is 0. The standard InChI is InChI=1S/C30H20N4/c1-3-9-21(10-4-1)30-31-17-15-29(32-30)34-26-14-8-7-13-24(26)25-19-22-16-18-33(27(22)20-28(25)34)23-11-5-2-6-12-23/h1-20H. The van der Waals surface area contributed by atoms with Gasteiger partial charge in [0.2, 0.25) is 0 Å². The summed E-state index contributed by atoms with van der Waals surface area (Å²) in [6.45, 7) is 0. The van der Waals surface area contributed by atoms with Crippen LogP contribution in [0.3, 0.4) is 0 Å². The van der Waals surface area contributed by atoms with Crippen LogP contribution in [0.1, 0.15) is 0 Å². The van der Waals surface area contributed by atoms with Crippen LogP contribution in [0.4, 0.5) is 0 Å². The molecule has 0 atom stereocenters. The van der Waals surface area contributed by atoms with E-state index in [0.717, 1.165) is 33.9 Å². The molecule has 0 fully saturated rings. The SMILES string of the molecule is c1ccc(-c2nccc(-n3c4ccccc4c4cc5ccn(-c6ccccc6)c5cc43)n2)cc1. The number of aromatic nitrogens is 4. The molecule has 3 heterocycles. The first kappa shape index (κ1) is 18.8. The average molecular weight is 437 g/mol. The predicted octanol–water partition coefficient (Wildman–Crippen LogP) is 7.18. The van der Waals surface area contributed by atoms with Gasteiger partial charge in [0.1, 0.15) is 5.82 Å². The largest absolute Gasteiger partial charge is 0.316 e. The molecular formula is C30H20N4. The minimum atomic E-state index is 0.720. The van der Waals surface area contributed by atoms with Gasteiger partial charge in [0.15, 0.2) is 5.82 Å². The third-order valence-electron chi connectivity index (χ3n) is 6.42. The second-order valence-electron chi connectivity index (χ2n) is 8.41. The normalized spacial score (nSPS) is 11.5. The van der Waals surface area contributed by atoms with Crippen molar-refractivity contribution in [2.24, 2.45) is 0 Å². The third kappa shape index (κ3) is 2.86. The van der Waals surface area contributed by atoms with Crippen LogP contribution < -0.4 is 0 Å². The molecule has 0 saturated carbocycles. The van der Waals surface area contributed by atoms with Crippen molar-refractivity contribution in [3.8, 4) is 22.9 Å². The predicted molar refractivity (Wildman–Crippen MR) is 139 cm³/mol. The van der Waals surface area contributed by atoms with Crippen LogP contribution in [0.2, 0.25) is 0 Å². The Bertz CT molecular complexity index is 1790. The molecule has 3 aromatic heterocycles. The lowest BCUT2D eigenvalue weighted by Crippen LogP contribution is -2.00. The molecule has 0 spiro atoms. The highest BCUT2D eigenvalue weighted by atomic mass is 15.1. The number of nitrogens with zero attached hydrogens (tertiary/aromatic N) is 4. The van der Waals surface area contributed by atoms with Crippen molar-refractivity contribution in [2.75, 3.05) is 0 Å². The van der Waals surface area contributed by atoms with Crippen LogP contribution in [-0.4, -0.2) is 19.1 Å². The molecule has 34 heavy (non-hydrogen) atoms. The molecule has 0 unspecified atom stereocenters. The van der Waals surface area contributed by atoms with Gasteiger partial charge < -0.3 is 4.57 Å². The summed E-state index contributed by atoms with van der Waals surface area (Å²) < 4.78 is 4.49. The molecule has 0 radical (unpaired) electrons. The van der Waals surface area contributed by atoms with Crippen molar-refractivity contribution in [3.63, 3.8) is 0 Å². The molecule has 4 aromatic carbocycles. The molecular weight excluding hydrogens is 416 g/mol. The minimum Gasteiger partial charge on any atom is -0.316 e. The summed E-state index contributed by atoms with van der Waals surface area (Å²) >= 11 is 0. The van der Waals surface area contributed by atoms with Crippen LogP contribution in [0.15, 0.2) is 122 Å². The fraction of sp³-hybridized carbons (Fsp3) is 0. The van der Waals surface area contributed by atoms with Gasteiger partial charge >= 0.3 is 0 Å². The van der Waals surface area contributed by atoms with E-state index in [1.807, 2.05) is 48.7 Å². The third-order valence-corrected chi connectivity index (χ3v) is 6.42. The maximum absolute atomic E-state index is 4.98. The van der Waals surface area contributed by atoms with E-state index in [1.165, 1.54) is 21.7 Å². The molecule has 0 bridgehead atoms. The van der Waals surface area contributed by atoms with Crippen molar-refractivity contribution < 1.29 is 0 Å². The van der Waals surface area contributed by atoms with E-state index < -0.39 is 0 Å². The van der Waals surface area contributed by atoms with Gasteiger partial charge in [-0.2, -0.15) is 0 Å². The zero-order valence-corrected chi connectivity index (χ0v) is 18.3. The van der Waals surface area contributed by atoms with Crippen LogP contribution in [0.25, 0.3) is 55.6 Å². The number of fused-ring (bicyclic) bond motifs is 4. The van der Waals surface area contributed by atoms with Gasteiger partial charge in [-0.1, -0.05) is 66.7 Å². The molecule has 0 saturated heterocycles. The average Bonchev–Trinajstić information content (AvgIpc) is 3.47. The second kappa shape index (κ2) is 7.42. The fourth-order valence-corrected chi connectivity index (χ4v) is 4.86. The zero-order chi connectivity index (χ0) is 22.5. The van der Waals surface area contributed by atoms with E-state index in [0.29, 0.717) is 0 Å². The van der Waals surface area contributed by atoms with Gasteiger partial charge in [0, 0.05) is 39.8 Å². The van der Waals surface area contributed by atoms with Crippen molar-refractivity contribution >= 4 is 32.7 Å². The summed E-state index contributed by atoms with van der Waals surface area (Å²) in [6, 6.07) is 37.9. The lowest BCUT2D eigenvalue weighted by atomic mass is 10.1. The lowest BCUT2D eigenvalue weighted by Gasteiger charge is -2.10. The fourth-order valence-electron chi connectivity index (χ4n) is 4.86. The van der Waals surface area contributed by atoms with Crippen LogP contribution >= 0.6 is 0 Å². The Morgan fingerprint density at radius 3 is 2.21 bits per heavy atom. The highest BCUT2D eigenvalue weighted by Crippen LogP contribution is 2.35. The van der Waals surface area contributed by atoms with Crippen LogP contribution in [0.5, 0.6) is 0 Å². The maximum atomic E-state index is 4.98. The molecule has 0 aliphatic carbocycles. The molecule has 0 amide bonds. The first-order valence-corrected chi connectivity index (χ1v) is 11.4. The number of hydrogen-bond donors (Lipinski definition) is 0. The molecule has 7 rings (SSSR count). The molecule has 0 aliphatic rings. The number of rotatable bonds is 3. The van der Waals surface area contributed by atoms with E-state index in [4.69, 9.17) is 4.98 Å². The van der Waals surface area contributed by atoms with E-state index in [-0.39, 0.29) is 0 Å². The summed E-state index contributed by atoms with van der Waals surface area (Å²) in [5, 5.41) is 3.65. The Morgan fingerprint density at radius 1 is 0.588 bits per heavy atom. The Kier molecular flexibility index (Phi) is 4.11. The van der Waals surface area contributed by atoms with Gasteiger partial charge in [-0.25, -0.2) is 9.97 Å². The molecule has 7 aromatic rings. The Balaban J connectivity index is 1.54. The van der Waals surface area contributed by atoms with Gasteiger partial charge in [0.25, 0.3) is 0 Å². The summed E-state index contributed by atoms with van der Waals surface area (Å²) in [5.41, 5.74) is 5.58. The Labute approximate surface area is 196 Å². The van der Waals surface area contributed by atoms with Crippen molar-refractivity contribution in [2.45, 2.75) is 0 Å². The van der Waals surface area contributed by atoms with E-state index in [9.17, 15) is 0 Å². The first-order chi connectivity index (χ1) is 16.9. The van der Waals surface area contributed by atoms with Crippen molar-refractivity contribution in [1.82, 2.24) is 19.1 Å². The summed E-state index contributed by atoms with van der Waals surface area (Å²) in [4.78, 5) is 9.53. The molecule has 4 heteroatoms. The smallest absolute Gasteiger partial charge is 0.161 e. The Morgan fingerprint density at radius 2 is 1.35 bits per heavy atom. The maximum Gasteiger partial charge on any atom is 0.161 e. The van der Waals surface area contributed by atoms with Gasteiger partial charge in [0.05, 0.1) is 16.6 Å². The molecule has 0 N–H and O–H groups in total. The van der Waals surface area contributed by atoms with E-state index in [1.54, 1.807) is 0 Å².